The second-order valence-electron chi connectivity index (χ2n) is 4.56. The van der Waals surface area contributed by atoms with Crippen molar-refractivity contribution in [1.82, 2.24) is 4.90 Å². The molecule has 1 saturated heterocycles. The van der Waals surface area contributed by atoms with Crippen LogP contribution in [0.15, 0.2) is 12.2 Å². The van der Waals surface area contributed by atoms with Gasteiger partial charge in [-0.1, -0.05) is 19.1 Å². The minimum atomic E-state index is -0.425. The van der Waals surface area contributed by atoms with Gasteiger partial charge in [-0.25, -0.2) is 4.79 Å². The summed E-state index contributed by atoms with van der Waals surface area (Å²) in [7, 11) is 1.34. The summed E-state index contributed by atoms with van der Waals surface area (Å²) >= 11 is 0. The molecular weight excluding hydrogens is 234 g/mol. The van der Waals surface area contributed by atoms with E-state index in [-0.39, 0.29) is 30.8 Å². The molecule has 1 rings (SSSR count). The Morgan fingerprint density at radius 1 is 1.56 bits per heavy atom. The van der Waals surface area contributed by atoms with Crippen LogP contribution in [-0.4, -0.2) is 48.2 Å². The number of carbonyl (C=O) groups is 2. The number of esters is 1. The van der Waals surface area contributed by atoms with Gasteiger partial charge in [0.15, 0.2) is 0 Å². The van der Waals surface area contributed by atoms with Crippen molar-refractivity contribution in [2.75, 3.05) is 20.3 Å². The molecule has 0 spiro atoms. The third-order valence-electron chi connectivity index (χ3n) is 3.09. The highest BCUT2D eigenvalue weighted by Crippen LogP contribution is 2.19. The number of likely N-dealkylation sites (tertiary alicyclic amines) is 1. The lowest BCUT2D eigenvalue weighted by Gasteiger charge is -2.22. The van der Waals surface area contributed by atoms with E-state index in [1.165, 1.54) is 7.11 Å². The number of methoxy groups -OCH3 is 1. The van der Waals surface area contributed by atoms with Gasteiger partial charge in [-0.3, -0.25) is 4.79 Å². The molecule has 1 N–H and O–H groups in total. The Balaban J connectivity index is 2.50. The van der Waals surface area contributed by atoms with Crippen LogP contribution in [0.5, 0.6) is 0 Å². The molecule has 0 bridgehead atoms. The van der Waals surface area contributed by atoms with Gasteiger partial charge < -0.3 is 14.7 Å². The second kappa shape index (κ2) is 7.16. The van der Waals surface area contributed by atoms with E-state index in [0.717, 1.165) is 6.42 Å². The van der Waals surface area contributed by atoms with Crippen LogP contribution in [-0.2, 0) is 14.3 Å². The van der Waals surface area contributed by atoms with Crippen molar-refractivity contribution in [3.05, 3.63) is 12.2 Å². The quantitative estimate of drug-likeness (QED) is 0.581. The standard InChI is InChI=1S/C13H21NO4/c1-10(9-15)5-3-7-12(16)14-8-4-6-11(14)13(17)18-2/h3,5,10-11,15H,4,6-9H2,1-2H3/b5-3+/t10-,11+/m1/s1. The maximum absolute atomic E-state index is 12.0. The van der Waals surface area contributed by atoms with Crippen LogP contribution in [0, 0.1) is 5.92 Å². The first-order chi connectivity index (χ1) is 8.60. The molecule has 1 amide bonds. The Bertz CT molecular complexity index is 327. The van der Waals surface area contributed by atoms with E-state index < -0.39 is 6.04 Å². The lowest BCUT2D eigenvalue weighted by Crippen LogP contribution is -2.40. The molecule has 0 radical (unpaired) electrons. The van der Waals surface area contributed by atoms with Crippen LogP contribution in [0.2, 0.25) is 0 Å². The van der Waals surface area contributed by atoms with Crippen molar-refractivity contribution in [2.45, 2.75) is 32.2 Å². The monoisotopic (exact) mass is 255 g/mol. The predicted molar refractivity (Wildman–Crippen MR) is 66.8 cm³/mol. The van der Waals surface area contributed by atoms with E-state index in [1.807, 2.05) is 6.92 Å². The zero-order chi connectivity index (χ0) is 13.5. The summed E-state index contributed by atoms with van der Waals surface area (Å²) in [5.74, 6) is -0.356. The van der Waals surface area contributed by atoms with Gasteiger partial charge in [0.2, 0.25) is 5.91 Å². The van der Waals surface area contributed by atoms with Crippen LogP contribution in [0.3, 0.4) is 0 Å². The van der Waals surface area contributed by atoms with Gasteiger partial charge in [0.1, 0.15) is 6.04 Å². The number of amides is 1. The lowest BCUT2D eigenvalue weighted by molar-refractivity contribution is -0.150. The van der Waals surface area contributed by atoms with Crippen molar-refractivity contribution < 1.29 is 19.4 Å². The summed E-state index contributed by atoms with van der Waals surface area (Å²) in [6, 6.07) is -0.425. The van der Waals surface area contributed by atoms with Crippen LogP contribution in [0.25, 0.3) is 0 Å². The molecule has 1 heterocycles. The van der Waals surface area contributed by atoms with Gasteiger partial charge in [-0.15, -0.1) is 0 Å². The first-order valence-corrected chi connectivity index (χ1v) is 6.25. The van der Waals surface area contributed by atoms with E-state index in [9.17, 15) is 9.59 Å². The third-order valence-corrected chi connectivity index (χ3v) is 3.09. The summed E-state index contributed by atoms with van der Waals surface area (Å²) in [6.45, 7) is 2.55. The molecule has 102 valence electrons. The highest BCUT2D eigenvalue weighted by molar-refractivity contribution is 5.85. The average Bonchev–Trinajstić information content (AvgIpc) is 2.86. The normalized spacial score (nSPS) is 21.3. The van der Waals surface area contributed by atoms with Crippen LogP contribution in [0.4, 0.5) is 0 Å². The summed E-state index contributed by atoms with van der Waals surface area (Å²) in [5, 5.41) is 8.85. The average molecular weight is 255 g/mol. The molecule has 0 aliphatic carbocycles. The maximum atomic E-state index is 12.0. The topological polar surface area (TPSA) is 66.8 Å². The fraction of sp³-hybridized carbons (Fsp3) is 0.692. The molecule has 0 aromatic heterocycles. The molecule has 5 heteroatoms. The number of carbonyl (C=O) groups excluding carboxylic acids is 2. The number of hydrogen-bond donors (Lipinski definition) is 1. The number of aliphatic hydroxyl groups is 1. The second-order valence-corrected chi connectivity index (χ2v) is 4.56. The van der Waals surface area contributed by atoms with Gasteiger partial charge >= 0.3 is 5.97 Å². The Morgan fingerprint density at radius 2 is 2.28 bits per heavy atom. The molecule has 0 aromatic carbocycles. The highest BCUT2D eigenvalue weighted by Gasteiger charge is 2.33. The number of nitrogens with zero attached hydrogens (tertiary/aromatic N) is 1. The first kappa shape index (κ1) is 14.7. The van der Waals surface area contributed by atoms with Gasteiger partial charge in [0.05, 0.1) is 7.11 Å². The van der Waals surface area contributed by atoms with E-state index in [2.05, 4.69) is 0 Å². The molecule has 1 aliphatic heterocycles. The van der Waals surface area contributed by atoms with Crippen molar-refractivity contribution in [3.63, 3.8) is 0 Å². The first-order valence-electron chi connectivity index (χ1n) is 6.25. The maximum Gasteiger partial charge on any atom is 0.328 e. The molecule has 0 aromatic rings. The van der Waals surface area contributed by atoms with Gasteiger partial charge in [0.25, 0.3) is 0 Å². The van der Waals surface area contributed by atoms with Crippen molar-refractivity contribution in [2.24, 2.45) is 5.92 Å². The van der Waals surface area contributed by atoms with Gasteiger partial charge in [-0.05, 0) is 18.8 Å². The van der Waals surface area contributed by atoms with Crippen LogP contribution < -0.4 is 0 Å². The molecule has 0 saturated carbocycles. The van der Waals surface area contributed by atoms with Crippen LogP contribution in [0.1, 0.15) is 26.2 Å². The third kappa shape index (κ3) is 3.84. The highest BCUT2D eigenvalue weighted by atomic mass is 16.5. The number of aliphatic hydroxyl groups excluding tert-OH is 1. The number of rotatable bonds is 5. The van der Waals surface area contributed by atoms with E-state index in [1.54, 1.807) is 17.1 Å². The van der Waals surface area contributed by atoms with E-state index >= 15 is 0 Å². The lowest BCUT2D eigenvalue weighted by atomic mass is 10.1. The summed E-state index contributed by atoms with van der Waals surface area (Å²) in [4.78, 5) is 25.0. The summed E-state index contributed by atoms with van der Waals surface area (Å²) in [5.41, 5.74) is 0. The minimum Gasteiger partial charge on any atom is -0.467 e. The SMILES string of the molecule is COC(=O)[C@@H]1CCCN1C(=O)C/C=C/[C@@H](C)CO. The molecule has 1 fully saturated rings. The van der Waals surface area contributed by atoms with Gasteiger partial charge in [0, 0.05) is 19.6 Å². The Labute approximate surface area is 107 Å². The molecular formula is C13H21NO4. The molecule has 2 atom stereocenters. The smallest absolute Gasteiger partial charge is 0.328 e. The number of hydrogen-bond acceptors (Lipinski definition) is 4. The zero-order valence-electron chi connectivity index (χ0n) is 11.0. The number of ether oxygens (including phenoxy) is 1. The fourth-order valence-electron chi connectivity index (χ4n) is 2.03. The molecule has 0 unspecified atom stereocenters. The minimum absolute atomic E-state index is 0.0489. The van der Waals surface area contributed by atoms with Crippen molar-refractivity contribution in [3.8, 4) is 0 Å². The fourth-order valence-corrected chi connectivity index (χ4v) is 2.03. The summed E-state index contributed by atoms with van der Waals surface area (Å²) < 4.78 is 4.69. The Morgan fingerprint density at radius 3 is 2.89 bits per heavy atom. The van der Waals surface area contributed by atoms with E-state index in [4.69, 9.17) is 9.84 Å². The van der Waals surface area contributed by atoms with Crippen molar-refractivity contribution in [1.29, 1.82) is 0 Å². The van der Waals surface area contributed by atoms with Gasteiger partial charge in [-0.2, -0.15) is 0 Å². The zero-order valence-corrected chi connectivity index (χ0v) is 11.0. The summed E-state index contributed by atoms with van der Waals surface area (Å²) in [6.07, 6.45) is 5.33. The Hall–Kier alpha value is -1.36. The largest absolute Gasteiger partial charge is 0.467 e. The van der Waals surface area contributed by atoms with Crippen molar-refractivity contribution >= 4 is 11.9 Å². The van der Waals surface area contributed by atoms with Crippen LogP contribution >= 0.6 is 0 Å². The molecule has 1 aliphatic rings. The van der Waals surface area contributed by atoms with E-state index in [0.29, 0.717) is 13.0 Å². The Kier molecular flexibility index (Phi) is 5.85. The predicted octanol–water partition coefficient (Wildman–Crippen LogP) is 0.725. The molecule has 18 heavy (non-hydrogen) atoms. The molecule has 5 nitrogen and oxygen atoms in total.